The van der Waals surface area contributed by atoms with E-state index in [0.717, 1.165) is 18.0 Å². The van der Waals surface area contributed by atoms with Crippen LogP contribution in [-0.2, 0) is 0 Å². The van der Waals surface area contributed by atoms with Gasteiger partial charge in [0.05, 0.1) is 0 Å². The van der Waals surface area contributed by atoms with Gasteiger partial charge in [-0.2, -0.15) is 0 Å². The second kappa shape index (κ2) is 6.39. The van der Waals surface area contributed by atoms with Gasteiger partial charge in [0, 0.05) is 5.02 Å². The van der Waals surface area contributed by atoms with Gasteiger partial charge in [0.2, 0.25) is 0 Å². The third-order valence-corrected chi connectivity index (χ3v) is 3.87. The van der Waals surface area contributed by atoms with Crippen molar-refractivity contribution in [2.75, 3.05) is 26.2 Å². The van der Waals surface area contributed by atoms with E-state index in [1.54, 1.807) is 0 Å². The lowest BCUT2D eigenvalue weighted by Gasteiger charge is -2.20. The van der Waals surface area contributed by atoms with Crippen LogP contribution in [0.4, 0.5) is 0 Å². The zero-order valence-electron chi connectivity index (χ0n) is 10.2. The van der Waals surface area contributed by atoms with Crippen molar-refractivity contribution in [1.29, 1.82) is 0 Å². The fraction of sp³-hybridized carbons (Fsp3) is 0.571. The number of halogens is 1. The molecule has 1 aliphatic rings. The van der Waals surface area contributed by atoms with Gasteiger partial charge in [-0.05, 0) is 69.1 Å². The van der Waals surface area contributed by atoms with Crippen LogP contribution in [0.3, 0.4) is 0 Å². The molecule has 0 unspecified atom stereocenters. The third-order valence-electron chi connectivity index (χ3n) is 3.62. The first-order valence-corrected chi connectivity index (χ1v) is 6.85. The highest BCUT2D eigenvalue weighted by molar-refractivity contribution is 6.30. The van der Waals surface area contributed by atoms with Crippen molar-refractivity contribution in [3.63, 3.8) is 0 Å². The van der Waals surface area contributed by atoms with Crippen molar-refractivity contribution in [2.45, 2.75) is 25.2 Å². The average molecular weight is 253 g/mol. The lowest BCUT2D eigenvalue weighted by Crippen LogP contribution is -2.24. The van der Waals surface area contributed by atoms with Gasteiger partial charge >= 0.3 is 0 Å². The van der Waals surface area contributed by atoms with Gasteiger partial charge in [-0.25, -0.2) is 0 Å². The summed E-state index contributed by atoms with van der Waals surface area (Å²) in [4.78, 5) is 2.54. The monoisotopic (exact) mass is 252 g/mol. The van der Waals surface area contributed by atoms with Gasteiger partial charge in [0.15, 0.2) is 0 Å². The molecular weight excluding hydrogens is 232 g/mol. The van der Waals surface area contributed by atoms with Gasteiger partial charge in [0.25, 0.3) is 0 Å². The molecule has 3 heteroatoms. The van der Waals surface area contributed by atoms with E-state index in [4.69, 9.17) is 17.3 Å². The van der Waals surface area contributed by atoms with E-state index in [0.29, 0.717) is 5.92 Å². The molecule has 1 atom stereocenters. The zero-order valence-corrected chi connectivity index (χ0v) is 11.0. The number of rotatable bonds is 5. The summed E-state index contributed by atoms with van der Waals surface area (Å²) >= 11 is 5.90. The molecule has 0 aliphatic carbocycles. The lowest BCUT2D eigenvalue weighted by atomic mass is 9.96. The van der Waals surface area contributed by atoms with Gasteiger partial charge in [-0.15, -0.1) is 0 Å². The SMILES string of the molecule is NC[C@@H](CCN1CCCC1)c1ccc(Cl)cc1. The predicted molar refractivity (Wildman–Crippen MR) is 73.5 cm³/mol. The van der Waals surface area contributed by atoms with Crippen LogP contribution in [0.1, 0.15) is 30.7 Å². The van der Waals surface area contributed by atoms with Crippen molar-refractivity contribution >= 4 is 11.6 Å². The van der Waals surface area contributed by atoms with E-state index in [1.807, 2.05) is 12.1 Å². The van der Waals surface area contributed by atoms with Crippen LogP contribution in [0, 0.1) is 0 Å². The molecule has 2 rings (SSSR count). The second-order valence-electron chi connectivity index (χ2n) is 4.82. The smallest absolute Gasteiger partial charge is 0.0406 e. The number of nitrogens with zero attached hydrogens (tertiary/aromatic N) is 1. The Labute approximate surface area is 109 Å². The van der Waals surface area contributed by atoms with Crippen LogP contribution in [0.2, 0.25) is 5.02 Å². The Morgan fingerprint density at radius 1 is 1.18 bits per heavy atom. The molecule has 2 nitrogen and oxygen atoms in total. The first-order valence-electron chi connectivity index (χ1n) is 6.47. The first-order chi connectivity index (χ1) is 8.29. The number of hydrogen-bond donors (Lipinski definition) is 1. The molecule has 0 aromatic heterocycles. The summed E-state index contributed by atoms with van der Waals surface area (Å²) in [7, 11) is 0. The Hall–Kier alpha value is -0.570. The summed E-state index contributed by atoms with van der Waals surface area (Å²) in [6.07, 6.45) is 3.86. The van der Waals surface area contributed by atoms with E-state index in [-0.39, 0.29) is 0 Å². The molecule has 0 amide bonds. The van der Waals surface area contributed by atoms with E-state index < -0.39 is 0 Å². The van der Waals surface area contributed by atoms with Gasteiger partial charge in [-0.1, -0.05) is 23.7 Å². The molecule has 2 N–H and O–H groups in total. The van der Waals surface area contributed by atoms with Crippen LogP contribution < -0.4 is 5.73 Å². The Morgan fingerprint density at radius 3 is 2.41 bits per heavy atom. The first kappa shape index (κ1) is 12.9. The lowest BCUT2D eigenvalue weighted by molar-refractivity contribution is 0.322. The molecule has 1 heterocycles. The Morgan fingerprint density at radius 2 is 1.82 bits per heavy atom. The zero-order chi connectivity index (χ0) is 12.1. The van der Waals surface area contributed by atoms with Crippen molar-refractivity contribution in [3.8, 4) is 0 Å². The average Bonchev–Trinajstić information content (AvgIpc) is 2.85. The van der Waals surface area contributed by atoms with Crippen LogP contribution in [-0.4, -0.2) is 31.1 Å². The Kier molecular flexibility index (Phi) is 4.84. The minimum absolute atomic E-state index is 0.466. The number of likely N-dealkylation sites (tertiary alicyclic amines) is 1. The molecule has 17 heavy (non-hydrogen) atoms. The van der Waals surface area contributed by atoms with Gasteiger partial charge in [0.1, 0.15) is 0 Å². The summed E-state index contributed by atoms with van der Waals surface area (Å²) < 4.78 is 0. The molecule has 0 bridgehead atoms. The standard InChI is InChI=1S/C14H21ClN2/c15-14-5-3-12(4-6-14)13(11-16)7-10-17-8-1-2-9-17/h3-6,13H,1-2,7-11,16H2/t13-/m1/s1. The Balaban J connectivity index is 1.89. The van der Waals surface area contributed by atoms with Crippen molar-refractivity contribution < 1.29 is 0 Å². The fourth-order valence-electron chi connectivity index (χ4n) is 2.50. The van der Waals surface area contributed by atoms with Crippen LogP contribution in [0.5, 0.6) is 0 Å². The predicted octanol–water partition coefficient (Wildman–Crippen LogP) is 2.87. The van der Waals surface area contributed by atoms with Crippen molar-refractivity contribution in [2.24, 2.45) is 5.73 Å². The maximum absolute atomic E-state index is 5.90. The molecule has 1 fully saturated rings. The Bertz CT molecular complexity index is 331. The summed E-state index contributed by atoms with van der Waals surface area (Å²) in [6.45, 7) is 4.41. The molecule has 1 saturated heterocycles. The van der Waals surface area contributed by atoms with Crippen molar-refractivity contribution in [1.82, 2.24) is 4.90 Å². The van der Waals surface area contributed by atoms with E-state index >= 15 is 0 Å². The topological polar surface area (TPSA) is 29.3 Å². The number of hydrogen-bond acceptors (Lipinski definition) is 2. The number of nitrogens with two attached hydrogens (primary N) is 1. The molecule has 1 aliphatic heterocycles. The maximum Gasteiger partial charge on any atom is 0.0406 e. The van der Waals surface area contributed by atoms with Crippen LogP contribution >= 0.6 is 11.6 Å². The molecule has 0 radical (unpaired) electrons. The normalized spacial score (nSPS) is 18.5. The fourth-order valence-corrected chi connectivity index (χ4v) is 2.63. The van der Waals surface area contributed by atoms with Crippen molar-refractivity contribution in [3.05, 3.63) is 34.9 Å². The molecule has 1 aromatic rings. The van der Waals surface area contributed by atoms with Gasteiger partial charge < -0.3 is 10.6 Å². The minimum atomic E-state index is 0.466. The van der Waals surface area contributed by atoms with Crippen LogP contribution in [0.15, 0.2) is 24.3 Å². The van der Waals surface area contributed by atoms with E-state index in [9.17, 15) is 0 Å². The highest BCUT2D eigenvalue weighted by Crippen LogP contribution is 2.22. The minimum Gasteiger partial charge on any atom is -0.330 e. The van der Waals surface area contributed by atoms with Crippen LogP contribution in [0.25, 0.3) is 0 Å². The summed E-state index contributed by atoms with van der Waals surface area (Å²) in [6, 6.07) is 8.11. The molecule has 0 saturated carbocycles. The number of benzene rings is 1. The third kappa shape index (κ3) is 3.70. The summed E-state index contributed by atoms with van der Waals surface area (Å²) in [5.74, 6) is 0.466. The molecule has 0 spiro atoms. The molecule has 1 aromatic carbocycles. The summed E-state index contributed by atoms with van der Waals surface area (Å²) in [5.41, 5.74) is 7.19. The van der Waals surface area contributed by atoms with E-state index in [2.05, 4.69) is 17.0 Å². The maximum atomic E-state index is 5.90. The summed E-state index contributed by atoms with van der Waals surface area (Å²) in [5, 5.41) is 0.795. The quantitative estimate of drug-likeness (QED) is 0.873. The van der Waals surface area contributed by atoms with E-state index in [1.165, 1.54) is 38.0 Å². The second-order valence-corrected chi connectivity index (χ2v) is 5.26. The van der Waals surface area contributed by atoms with Gasteiger partial charge in [-0.3, -0.25) is 0 Å². The highest BCUT2D eigenvalue weighted by Gasteiger charge is 2.15. The largest absolute Gasteiger partial charge is 0.330 e. The molecular formula is C14H21ClN2. The molecule has 94 valence electrons. The highest BCUT2D eigenvalue weighted by atomic mass is 35.5.